The second-order valence-corrected chi connectivity index (χ2v) is 8.55. The van der Waals surface area contributed by atoms with Crippen molar-refractivity contribution in [3.63, 3.8) is 0 Å². The Hall–Kier alpha value is -2.83. The monoisotopic (exact) mass is 453 g/mol. The summed E-state index contributed by atoms with van der Waals surface area (Å²) in [5, 5.41) is 4.73. The van der Waals surface area contributed by atoms with Gasteiger partial charge in [0, 0.05) is 42.8 Å². The lowest BCUT2D eigenvalue weighted by Gasteiger charge is -2.38. The SMILES string of the molecule is Cc1noc(C)c1COc1cccc(C(=O)N2CCN(C(C)c3ccccc3Cl)CC2)c1. The highest BCUT2D eigenvalue weighted by Crippen LogP contribution is 2.28. The number of hydrogen-bond acceptors (Lipinski definition) is 5. The van der Waals surface area contributed by atoms with Crippen LogP contribution in [0.25, 0.3) is 0 Å². The van der Waals surface area contributed by atoms with Gasteiger partial charge in [-0.1, -0.05) is 41.0 Å². The number of piperazine rings is 1. The van der Waals surface area contributed by atoms with E-state index in [9.17, 15) is 4.79 Å². The number of carbonyl (C=O) groups excluding carboxylic acids is 1. The summed E-state index contributed by atoms with van der Waals surface area (Å²) < 4.78 is 11.1. The number of ether oxygens (including phenoxy) is 1. The van der Waals surface area contributed by atoms with Crippen LogP contribution in [0.4, 0.5) is 0 Å². The van der Waals surface area contributed by atoms with Crippen molar-refractivity contribution in [2.45, 2.75) is 33.4 Å². The minimum absolute atomic E-state index is 0.0258. The maximum absolute atomic E-state index is 13.1. The molecular weight excluding hydrogens is 426 g/mol. The van der Waals surface area contributed by atoms with Crippen molar-refractivity contribution in [2.75, 3.05) is 26.2 Å². The quantitative estimate of drug-likeness (QED) is 0.523. The van der Waals surface area contributed by atoms with E-state index in [1.54, 1.807) is 6.07 Å². The highest BCUT2D eigenvalue weighted by molar-refractivity contribution is 6.31. The first-order chi connectivity index (χ1) is 15.4. The van der Waals surface area contributed by atoms with Crippen molar-refractivity contribution >= 4 is 17.5 Å². The predicted octanol–water partition coefficient (Wildman–Crippen LogP) is 5.04. The third kappa shape index (κ3) is 4.81. The third-order valence-electron chi connectivity index (χ3n) is 6.15. The molecule has 0 radical (unpaired) electrons. The lowest BCUT2D eigenvalue weighted by Crippen LogP contribution is -2.49. The Bertz CT molecular complexity index is 1070. The number of aromatic nitrogens is 1. The van der Waals surface area contributed by atoms with Crippen LogP contribution in [0, 0.1) is 13.8 Å². The molecule has 1 atom stereocenters. The highest BCUT2D eigenvalue weighted by atomic mass is 35.5. The van der Waals surface area contributed by atoms with Gasteiger partial charge >= 0.3 is 0 Å². The Morgan fingerprint density at radius 1 is 1.12 bits per heavy atom. The summed E-state index contributed by atoms with van der Waals surface area (Å²) in [6, 6.07) is 15.5. The van der Waals surface area contributed by atoms with Gasteiger partial charge < -0.3 is 14.2 Å². The second-order valence-electron chi connectivity index (χ2n) is 8.14. The van der Waals surface area contributed by atoms with Gasteiger partial charge in [0.1, 0.15) is 18.1 Å². The Kier molecular flexibility index (Phi) is 6.82. The summed E-state index contributed by atoms with van der Waals surface area (Å²) in [6.07, 6.45) is 0. The predicted molar refractivity (Wildman–Crippen MR) is 124 cm³/mol. The molecular formula is C25H28ClN3O3. The number of benzene rings is 2. The maximum atomic E-state index is 13.1. The van der Waals surface area contributed by atoms with E-state index in [2.05, 4.69) is 23.0 Å². The van der Waals surface area contributed by atoms with Gasteiger partial charge in [-0.25, -0.2) is 0 Å². The van der Waals surface area contributed by atoms with Crippen molar-refractivity contribution < 1.29 is 14.1 Å². The molecule has 0 saturated carbocycles. The average molecular weight is 454 g/mol. The molecule has 1 amide bonds. The van der Waals surface area contributed by atoms with E-state index >= 15 is 0 Å². The lowest BCUT2D eigenvalue weighted by atomic mass is 10.1. The number of nitrogens with zero attached hydrogens (tertiary/aromatic N) is 3. The fourth-order valence-electron chi connectivity index (χ4n) is 4.09. The minimum Gasteiger partial charge on any atom is -0.489 e. The molecule has 1 unspecified atom stereocenters. The molecule has 1 aliphatic rings. The molecule has 6 nitrogen and oxygen atoms in total. The Balaban J connectivity index is 1.36. The van der Waals surface area contributed by atoms with Gasteiger partial charge in [0.2, 0.25) is 0 Å². The third-order valence-corrected chi connectivity index (χ3v) is 6.49. The van der Waals surface area contributed by atoms with Crippen molar-refractivity contribution in [1.29, 1.82) is 0 Å². The molecule has 32 heavy (non-hydrogen) atoms. The van der Waals surface area contributed by atoms with Crippen molar-refractivity contribution in [1.82, 2.24) is 15.0 Å². The Morgan fingerprint density at radius 2 is 1.88 bits per heavy atom. The zero-order valence-corrected chi connectivity index (χ0v) is 19.4. The van der Waals surface area contributed by atoms with E-state index in [0.717, 1.165) is 40.7 Å². The van der Waals surface area contributed by atoms with Crippen LogP contribution >= 0.6 is 11.6 Å². The van der Waals surface area contributed by atoms with Crippen LogP contribution in [0.1, 0.15) is 45.9 Å². The zero-order valence-electron chi connectivity index (χ0n) is 18.7. The largest absolute Gasteiger partial charge is 0.489 e. The van der Waals surface area contributed by atoms with Crippen LogP contribution in [0.5, 0.6) is 5.75 Å². The van der Waals surface area contributed by atoms with Crippen molar-refractivity contribution in [3.05, 3.63) is 81.7 Å². The van der Waals surface area contributed by atoms with E-state index in [0.29, 0.717) is 31.0 Å². The maximum Gasteiger partial charge on any atom is 0.254 e. The summed E-state index contributed by atoms with van der Waals surface area (Å²) in [7, 11) is 0. The summed E-state index contributed by atoms with van der Waals surface area (Å²) in [6.45, 7) is 9.25. The summed E-state index contributed by atoms with van der Waals surface area (Å²) in [5.41, 5.74) is 3.51. The average Bonchev–Trinajstić information content (AvgIpc) is 3.14. The smallest absolute Gasteiger partial charge is 0.254 e. The van der Waals surface area contributed by atoms with Gasteiger partial charge in [-0.2, -0.15) is 0 Å². The second kappa shape index (κ2) is 9.76. The van der Waals surface area contributed by atoms with Gasteiger partial charge in [-0.3, -0.25) is 9.69 Å². The number of carbonyl (C=O) groups is 1. The molecule has 1 saturated heterocycles. The van der Waals surface area contributed by atoms with Crippen molar-refractivity contribution in [2.24, 2.45) is 0 Å². The molecule has 1 fully saturated rings. The Labute approximate surface area is 193 Å². The molecule has 0 spiro atoms. The fourth-order valence-corrected chi connectivity index (χ4v) is 4.38. The molecule has 0 N–H and O–H groups in total. The number of halogens is 1. The van der Waals surface area contributed by atoms with Crippen LogP contribution in [0.2, 0.25) is 5.02 Å². The topological polar surface area (TPSA) is 58.8 Å². The van der Waals surface area contributed by atoms with E-state index in [4.69, 9.17) is 20.9 Å². The van der Waals surface area contributed by atoms with Crippen LogP contribution in [0.15, 0.2) is 53.1 Å². The first-order valence-electron chi connectivity index (χ1n) is 10.9. The number of amides is 1. The Morgan fingerprint density at radius 3 is 2.56 bits per heavy atom. The lowest BCUT2D eigenvalue weighted by molar-refractivity contribution is 0.0581. The van der Waals surface area contributed by atoms with E-state index in [1.807, 2.05) is 55.1 Å². The molecule has 0 aliphatic carbocycles. The molecule has 1 aliphatic heterocycles. The van der Waals surface area contributed by atoms with Gasteiger partial charge in [-0.15, -0.1) is 0 Å². The molecule has 0 bridgehead atoms. The minimum atomic E-state index is 0.0258. The van der Waals surface area contributed by atoms with Crippen molar-refractivity contribution in [3.8, 4) is 5.75 Å². The van der Waals surface area contributed by atoms with Crippen LogP contribution in [0.3, 0.4) is 0 Å². The molecule has 3 aromatic rings. The van der Waals surface area contributed by atoms with E-state index < -0.39 is 0 Å². The normalized spacial score (nSPS) is 15.6. The summed E-state index contributed by atoms with van der Waals surface area (Å²) in [5.74, 6) is 1.43. The van der Waals surface area contributed by atoms with E-state index in [-0.39, 0.29) is 11.9 Å². The first-order valence-corrected chi connectivity index (χ1v) is 11.2. The molecule has 1 aromatic heterocycles. The first kappa shape index (κ1) is 22.4. The zero-order chi connectivity index (χ0) is 22.7. The van der Waals surface area contributed by atoms with Gasteiger partial charge in [0.25, 0.3) is 5.91 Å². The van der Waals surface area contributed by atoms with E-state index in [1.165, 1.54) is 0 Å². The molecule has 2 heterocycles. The molecule has 168 valence electrons. The standard InChI is InChI=1S/C25H28ClN3O3/c1-17-23(19(3)32-27-17)16-31-21-8-6-7-20(15-21)25(30)29-13-11-28(12-14-29)18(2)22-9-4-5-10-24(22)26/h4-10,15,18H,11-14,16H2,1-3H3. The number of hydrogen-bond donors (Lipinski definition) is 0. The molecule has 7 heteroatoms. The molecule has 4 rings (SSSR count). The summed E-state index contributed by atoms with van der Waals surface area (Å²) in [4.78, 5) is 17.4. The van der Waals surface area contributed by atoms with Crippen LogP contribution in [-0.4, -0.2) is 47.0 Å². The fraction of sp³-hybridized carbons (Fsp3) is 0.360. The number of aryl methyl sites for hydroxylation is 2. The number of rotatable bonds is 6. The van der Waals surface area contributed by atoms with Gasteiger partial charge in [-0.05, 0) is 50.6 Å². The van der Waals surface area contributed by atoms with Crippen LogP contribution in [-0.2, 0) is 6.61 Å². The van der Waals surface area contributed by atoms with Gasteiger partial charge in [0.15, 0.2) is 0 Å². The summed E-state index contributed by atoms with van der Waals surface area (Å²) >= 11 is 6.38. The van der Waals surface area contributed by atoms with Gasteiger partial charge in [0.05, 0.1) is 11.3 Å². The van der Waals surface area contributed by atoms with Crippen LogP contribution < -0.4 is 4.74 Å². The molecule has 2 aromatic carbocycles. The highest BCUT2D eigenvalue weighted by Gasteiger charge is 2.26.